The summed E-state index contributed by atoms with van der Waals surface area (Å²) in [6.45, 7) is 1.18. The SMILES string of the molecule is N#Cc1nccnc1OC1CCN(C(=O)CSCc2ccccc2)C1. The summed E-state index contributed by atoms with van der Waals surface area (Å²) in [5, 5.41) is 9.02. The Labute approximate surface area is 150 Å². The van der Waals surface area contributed by atoms with Crippen molar-refractivity contribution in [2.24, 2.45) is 0 Å². The van der Waals surface area contributed by atoms with Gasteiger partial charge >= 0.3 is 0 Å². The highest BCUT2D eigenvalue weighted by Crippen LogP contribution is 2.20. The molecule has 7 heteroatoms. The van der Waals surface area contributed by atoms with Crippen LogP contribution in [0, 0.1) is 11.3 Å². The summed E-state index contributed by atoms with van der Waals surface area (Å²) < 4.78 is 5.75. The third-order valence-corrected chi connectivity index (χ3v) is 4.87. The van der Waals surface area contributed by atoms with E-state index in [0.29, 0.717) is 18.8 Å². The number of likely N-dealkylation sites (tertiary alicyclic amines) is 1. The number of nitriles is 1. The van der Waals surface area contributed by atoms with Crippen molar-refractivity contribution in [2.75, 3.05) is 18.8 Å². The van der Waals surface area contributed by atoms with E-state index in [2.05, 4.69) is 22.1 Å². The Morgan fingerprint density at radius 2 is 2.12 bits per heavy atom. The first-order valence-electron chi connectivity index (χ1n) is 8.03. The molecule has 0 spiro atoms. The zero-order valence-electron chi connectivity index (χ0n) is 13.7. The first kappa shape index (κ1) is 17.2. The first-order valence-corrected chi connectivity index (χ1v) is 9.19. The van der Waals surface area contributed by atoms with E-state index in [4.69, 9.17) is 10.00 Å². The van der Waals surface area contributed by atoms with Gasteiger partial charge in [-0.3, -0.25) is 4.79 Å². The molecule has 0 N–H and O–H groups in total. The smallest absolute Gasteiger partial charge is 0.251 e. The number of thioether (sulfide) groups is 1. The molecule has 2 aromatic rings. The molecule has 0 saturated carbocycles. The van der Waals surface area contributed by atoms with Gasteiger partial charge in [0.15, 0.2) is 0 Å². The van der Waals surface area contributed by atoms with E-state index < -0.39 is 0 Å². The molecule has 0 radical (unpaired) electrons. The van der Waals surface area contributed by atoms with Crippen LogP contribution in [0.2, 0.25) is 0 Å². The van der Waals surface area contributed by atoms with E-state index in [1.807, 2.05) is 29.2 Å². The lowest BCUT2D eigenvalue weighted by molar-refractivity contribution is -0.127. The van der Waals surface area contributed by atoms with E-state index in [-0.39, 0.29) is 23.6 Å². The van der Waals surface area contributed by atoms with Crippen LogP contribution in [0.1, 0.15) is 17.7 Å². The summed E-state index contributed by atoms with van der Waals surface area (Å²) in [7, 11) is 0. The number of ether oxygens (including phenoxy) is 1. The second-order valence-corrected chi connectivity index (χ2v) is 6.65. The summed E-state index contributed by atoms with van der Waals surface area (Å²) in [5.41, 5.74) is 1.39. The molecule has 25 heavy (non-hydrogen) atoms. The van der Waals surface area contributed by atoms with Gasteiger partial charge in [-0.2, -0.15) is 5.26 Å². The van der Waals surface area contributed by atoms with Crippen molar-refractivity contribution in [1.82, 2.24) is 14.9 Å². The zero-order valence-corrected chi connectivity index (χ0v) is 14.5. The second kappa shape index (κ2) is 8.49. The van der Waals surface area contributed by atoms with Gasteiger partial charge in [-0.25, -0.2) is 9.97 Å². The molecule has 1 aliphatic rings. The molecule has 1 atom stereocenters. The highest BCUT2D eigenvalue weighted by Gasteiger charge is 2.28. The molecule has 3 rings (SSSR count). The molecule has 6 nitrogen and oxygen atoms in total. The fourth-order valence-corrected chi connectivity index (χ4v) is 3.51. The molecule has 1 aliphatic heterocycles. The molecule has 1 aromatic carbocycles. The van der Waals surface area contributed by atoms with Gasteiger partial charge in [-0.05, 0) is 5.56 Å². The number of hydrogen-bond donors (Lipinski definition) is 0. The summed E-state index contributed by atoms with van der Waals surface area (Å²) in [6.07, 6.45) is 3.54. The van der Waals surface area contributed by atoms with E-state index in [9.17, 15) is 4.79 Å². The highest BCUT2D eigenvalue weighted by molar-refractivity contribution is 7.99. The Morgan fingerprint density at radius 3 is 2.92 bits per heavy atom. The molecule has 0 aliphatic carbocycles. The van der Waals surface area contributed by atoms with Crippen molar-refractivity contribution in [3.8, 4) is 11.9 Å². The van der Waals surface area contributed by atoms with Crippen LogP contribution in [0.25, 0.3) is 0 Å². The average molecular weight is 354 g/mol. The van der Waals surface area contributed by atoms with Crippen molar-refractivity contribution in [1.29, 1.82) is 5.26 Å². The van der Waals surface area contributed by atoms with Crippen molar-refractivity contribution in [2.45, 2.75) is 18.3 Å². The van der Waals surface area contributed by atoms with Crippen LogP contribution in [0.4, 0.5) is 0 Å². The quantitative estimate of drug-likeness (QED) is 0.792. The normalized spacial score (nSPS) is 16.4. The summed E-state index contributed by atoms with van der Waals surface area (Å²) in [6, 6.07) is 12.1. The summed E-state index contributed by atoms with van der Waals surface area (Å²) in [4.78, 5) is 22.1. The lowest BCUT2D eigenvalue weighted by Gasteiger charge is -2.17. The Hall–Kier alpha value is -2.59. The summed E-state index contributed by atoms with van der Waals surface area (Å²) in [5.74, 6) is 1.64. The van der Waals surface area contributed by atoms with Crippen molar-refractivity contribution >= 4 is 17.7 Å². The van der Waals surface area contributed by atoms with Crippen LogP contribution >= 0.6 is 11.8 Å². The minimum atomic E-state index is -0.146. The highest BCUT2D eigenvalue weighted by atomic mass is 32.2. The molecule has 1 aromatic heterocycles. The van der Waals surface area contributed by atoms with Gasteiger partial charge < -0.3 is 9.64 Å². The Bertz CT molecular complexity index is 763. The number of benzene rings is 1. The van der Waals surface area contributed by atoms with Gasteiger partial charge in [0.25, 0.3) is 5.88 Å². The molecule has 1 saturated heterocycles. The fourth-order valence-electron chi connectivity index (χ4n) is 2.62. The average Bonchev–Trinajstić information content (AvgIpc) is 3.12. The molecular weight excluding hydrogens is 336 g/mol. The Balaban J connectivity index is 1.46. The zero-order chi connectivity index (χ0) is 17.5. The lowest BCUT2D eigenvalue weighted by Crippen LogP contribution is -2.32. The van der Waals surface area contributed by atoms with Gasteiger partial charge in [-0.15, -0.1) is 11.8 Å². The Kier molecular flexibility index (Phi) is 5.86. The maximum Gasteiger partial charge on any atom is 0.251 e. The number of carbonyl (C=O) groups is 1. The van der Waals surface area contributed by atoms with Crippen LogP contribution in [0.3, 0.4) is 0 Å². The minimum Gasteiger partial charge on any atom is -0.470 e. The van der Waals surface area contributed by atoms with E-state index >= 15 is 0 Å². The predicted octanol–water partition coefficient (Wildman–Crippen LogP) is 2.26. The maximum atomic E-state index is 12.3. The second-order valence-electron chi connectivity index (χ2n) is 5.67. The maximum absolute atomic E-state index is 12.3. The molecule has 2 heterocycles. The number of hydrogen-bond acceptors (Lipinski definition) is 6. The van der Waals surface area contributed by atoms with Crippen molar-refractivity contribution in [3.63, 3.8) is 0 Å². The Morgan fingerprint density at radius 1 is 1.32 bits per heavy atom. The van der Waals surface area contributed by atoms with Crippen molar-refractivity contribution in [3.05, 3.63) is 54.0 Å². The fraction of sp³-hybridized carbons (Fsp3) is 0.333. The van der Waals surface area contributed by atoms with Crippen LogP contribution in [-0.2, 0) is 10.5 Å². The van der Waals surface area contributed by atoms with E-state index in [0.717, 1.165) is 12.2 Å². The first-order chi connectivity index (χ1) is 12.3. The van der Waals surface area contributed by atoms with Crippen LogP contribution < -0.4 is 4.74 Å². The largest absolute Gasteiger partial charge is 0.470 e. The van der Waals surface area contributed by atoms with Gasteiger partial charge in [0.1, 0.15) is 12.2 Å². The number of carbonyl (C=O) groups excluding carboxylic acids is 1. The van der Waals surface area contributed by atoms with Crippen molar-refractivity contribution < 1.29 is 9.53 Å². The third kappa shape index (κ3) is 4.70. The third-order valence-electron chi connectivity index (χ3n) is 3.88. The number of rotatable bonds is 6. The molecule has 1 unspecified atom stereocenters. The molecule has 128 valence electrons. The number of nitrogens with zero attached hydrogens (tertiary/aromatic N) is 4. The lowest BCUT2D eigenvalue weighted by atomic mass is 10.2. The van der Waals surface area contributed by atoms with E-state index in [1.165, 1.54) is 18.0 Å². The number of amides is 1. The molecule has 1 fully saturated rings. The standard InChI is InChI=1S/C18H18N4O2S/c19-10-16-18(21-8-7-20-16)24-15-6-9-22(11-15)17(23)13-25-12-14-4-2-1-3-5-14/h1-5,7-8,15H,6,9,11-13H2. The molecular formula is C18H18N4O2S. The van der Waals surface area contributed by atoms with Crippen LogP contribution in [0.15, 0.2) is 42.7 Å². The number of aromatic nitrogens is 2. The monoisotopic (exact) mass is 354 g/mol. The molecule has 1 amide bonds. The van der Waals surface area contributed by atoms with Gasteiger partial charge in [0.2, 0.25) is 11.6 Å². The van der Waals surface area contributed by atoms with Gasteiger partial charge in [0, 0.05) is 31.1 Å². The van der Waals surface area contributed by atoms with E-state index in [1.54, 1.807) is 11.8 Å². The topological polar surface area (TPSA) is 79.1 Å². The van der Waals surface area contributed by atoms with Gasteiger partial charge in [0.05, 0.1) is 12.3 Å². The van der Waals surface area contributed by atoms with Gasteiger partial charge in [-0.1, -0.05) is 30.3 Å². The minimum absolute atomic E-state index is 0.117. The summed E-state index contributed by atoms with van der Waals surface area (Å²) >= 11 is 1.62. The predicted molar refractivity (Wildman–Crippen MR) is 95.0 cm³/mol. The van der Waals surface area contributed by atoms with Crippen LogP contribution in [0.5, 0.6) is 5.88 Å². The van der Waals surface area contributed by atoms with Crippen LogP contribution in [-0.4, -0.2) is 45.7 Å². The molecule has 0 bridgehead atoms.